The number of carbonyl (C=O) groups excluding carboxylic acids is 1. The molecule has 1 heterocycles. The highest BCUT2D eigenvalue weighted by atomic mass is 35.5. The predicted molar refractivity (Wildman–Crippen MR) is 76.5 cm³/mol. The van der Waals surface area contributed by atoms with E-state index in [1.54, 1.807) is 12.1 Å². The number of hydrogen-bond acceptors (Lipinski definition) is 3. The smallest absolute Gasteiger partial charge is 0.251 e. The third-order valence-corrected chi connectivity index (χ3v) is 3.04. The lowest BCUT2D eigenvalue weighted by Crippen LogP contribution is -2.27. The largest absolute Gasteiger partial charge is 0.393 e. The molecule has 2 N–H and O–H groups in total. The Morgan fingerprint density at radius 2 is 2.21 bits per heavy atom. The van der Waals surface area contributed by atoms with E-state index in [0.29, 0.717) is 30.1 Å². The van der Waals surface area contributed by atoms with E-state index in [2.05, 4.69) is 17.2 Å². The van der Waals surface area contributed by atoms with Crippen LogP contribution in [-0.2, 0) is 6.42 Å². The van der Waals surface area contributed by atoms with Gasteiger partial charge in [-0.1, -0.05) is 31.9 Å². The summed E-state index contributed by atoms with van der Waals surface area (Å²) >= 11 is 5.91. The lowest BCUT2D eigenvalue weighted by Gasteiger charge is -2.09. The minimum atomic E-state index is -0.364. The highest BCUT2D eigenvalue weighted by Crippen LogP contribution is 2.12. The van der Waals surface area contributed by atoms with Crippen LogP contribution in [-0.4, -0.2) is 28.6 Å². The standard InChI is InChI=1S/C14H21ClN2O2/c1-3-5-11-8-10(9-13(15)17-11)14(19)16-7-6-12(18)4-2/h8-9,12,18H,3-7H2,1-2H3,(H,16,19). The van der Waals surface area contributed by atoms with E-state index < -0.39 is 0 Å². The fourth-order valence-corrected chi connectivity index (χ4v) is 1.95. The summed E-state index contributed by atoms with van der Waals surface area (Å²) in [6.07, 6.45) is 2.64. The molecule has 0 fully saturated rings. The lowest BCUT2D eigenvalue weighted by molar-refractivity contribution is 0.0941. The Labute approximate surface area is 119 Å². The van der Waals surface area contributed by atoms with Crippen molar-refractivity contribution in [2.75, 3.05) is 6.54 Å². The van der Waals surface area contributed by atoms with Crippen LogP contribution in [0.15, 0.2) is 12.1 Å². The molecular weight excluding hydrogens is 264 g/mol. The number of nitrogens with zero attached hydrogens (tertiary/aromatic N) is 1. The molecule has 4 nitrogen and oxygen atoms in total. The van der Waals surface area contributed by atoms with Gasteiger partial charge in [0.05, 0.1) is 6.10 Å². The van der Waals surface area contributed by atoms with E-state index in [1.165, 1.54) is 0 Å². The van der Waals surface area contributed by atoms with Gasteiger partial charge >= 0.3 is 0 Å². The maximum Gasteiger partial charge on any atom is 0.251 e. The monoisotopic (exact) mass is 284 g/mol. The quantitative estimate of drug-likeness (QED) is 0.757. The number of halogens is 1. The second-order valence-corrected chi connectivity index (χ2v) is 4.91. The predicted octanol–water partition coefficient (Wildman–Crippen LogP) is 2.58. The Morgan fingerprint density at radius 1 is 1.47 bits per heavy atom. The maximum atomic E-state index is 11.9. The molecule has 0 bridgehead atoms. The van der Waals surface area contributed by atoms with Gasteiger partial charge in [0.15, 0.2) is 0 Å². The van der Waals surface area contributed by atoms with Crippen molar-refractivity contribution in [2.45, 2.75) is 45.6 Å². The van der Waals surface area contributed by atoms with Crippen molar-refractivity contribution in [3.63, 3.8) is 0 Å². The first-order chi connectivity index (χ1) is 9.06. The van der Waals surface area contributed by atoms with Gasteiger partial charge in [-0.15, -0.1) is 0 Å². The number of aromatic nitrogens is 1. The van der Waals surface area contributed by atoms with Gasteiger partial charge in [-0.25, -0.2) is 4.98 Å². The zero-order valence-corrected chi connectivity index (χ0v) is 12.2. The van der Waals surface area contributed by atoms with Crippen molar-refractivity contribution < 1.29 is 9.90 Å². The van der Waals surface area contributed by atoms with Crippen molar-refractivity contribution >= 4 is 17.5 Å². The normalized spacial score (nSPS) is 12.2. The van der Waals surface area contributed by atoms with Gasteiger partial charge < -0.3 is 10.4 Å². The number of aryl methyl sites for hydroxylation is 1. The second kappa shape index (κ2) is 8.12. The molecule has 1 aromatic rings. The lowest BCUT2D eigenvalue weighted by atomic mass is 10.1. The Morgan fingerprint density at radius 3 is 2.84 bits per heavy atom. The Hall–Kier alpha value is -1.13. The van der Waals surface area contributed by atoms with Crippen LogP contribution < -0.4 is 5.32 Å². The summed E-state index contributed by atoms with van der Waals surface area (Å²) in [5.74, 6) is -0.176. The van der Waals surface area contributed by atoms with Gasteiger partial charge in [-0.3, -0.25) is 4.79 Å². The maximum absolute atomic E-state index is 11.9. The molecule has 1 rings (SSSR count). The molecule has 0 saturated carbocycles. The summed E-state index contributed by atoms with van der Waals surface area (Å²) in [7, 11) is 0. The molecule has 0 spiro atoms. The van der Waals surface area contributed by atoms with Crippen LogP contribution >= 0.6 is 11.6 Å². The molecule has 0 aliphatic carbocycles. The Kier molecular flexibility index (Phi) is 6.81. The van der Waals surface area contributed by atoms with Crippen LogP contribution in [0.4, 0.5) is 0 Å². The molecular formula is C14H21ClN2O2. The van der Waals surface area contributed by atoms with E-state index in [-0.39, 0.29) is 12.0 Å². The number of hydrogen-bond donors (Lipinski definition) is 2. The fourth-order valence-electron chi connectivity index (χ4n) is 1.73. The zero-order valence-electron chi connectivity index (χ0n) is 11.4. The van der Waals surface area contributed by atoms with E-state index >= 15 is 0 Å². The van der Waals surface area contributed by atoms with Crippen molar-refractivity contribution in [1.29, 1.82) is 0 Å². The number of amides is 1. The second-order valence-electron chi connectivity index (χ2n) is 4.53. The van der Waals surface area contributed by atoms with Gasteiger partial charge in [-0.05, 0) is 31.4 Å². The van der Waals surface area contributed by atoms with Crippen molar-refractivity contribution in [1.82, 2.24) is 10.3 Å². The molecule has 1 atom stereocenters. The van der Waals surface area contributed by atoms with Crippen LogP contribution in [0.5, 0.6) is 0 Å². The molecule has 0 aromatic carbocycles. The van der Waals surface area contributed by atoms with E-state index in [4.69, 9.17) is 11.6 Å². The SMILES string of the molecule is CCCc1cc(C(=O)NCCC(O)CC)cc(Cl)n1. The summed E-state index contributed by atoms with van der Waals surface area (Å²) in [6.45, 7) is 4.41. The molecule has 5 heteroatoms. The van der Waals surface area contributed by atoms with Crippen molar-refractivity contribution in [3.05, 3.63) is 28.5 Å². The molecule has 0 aliphatic rings. The number of rotatable bonds is 7. The molecule has 0 radical (unpaired) electrons. The molecule has 0 aliphatic heterocycles. The zero-order chi connectivity index (χ0) is 14.3. The van der Waals surface area contributed by atoms with Gasteiger partial charge in [0.25, 0.3) is 5.91 Å². The Bertz CT molecular complexity index is 424. The minimum absolute atomic E-state index is 0.176. The number of pyridine rings is 1. The van der Waals surface area contributed by atoms with Gasteiger partial charge in [0, 0.05) is 17.8 Å². The van der Waals surface area contributed by atoms with E-state index in [0.717, 1.165) is 18.5 Å². The topological polar surface area (TPSA) is 62.2 Å². The number of carbonyl (C=O) groups is 1. The van der Waals surface area contributed by atoms with Crippen LogP contribution in [0.1, 0.15) is 49.2 Å². The number of aliphatic hydroxyl groups is 1. The van der Waals surface area contributed by atoms with Crippen molar-refractivity contribution in [2.24, 2.45) is 0 Å². The first-order valence-electron chi connectivity index (χ1n) is 6.69. The summed E-state index contributed by atoms with van der Waals surface area (Å²) < 4.78 is 0. The highest BCUT2D eigenvalue weighted by Gasteiger charge is 2.09. The molecule has 1 aromatic heterocycles. The van der Waals surface area contributed by atoms with Gasteiger partial charge in [0.1, 0.15) is 5.15 Å². The van der Waals surface area contributed by atoms with Gasteiger partial charge in [-0.2, -0.15) is 0 Å². The first-order valence-corrected chi connectivity index (χ1v) is 7.07. The summed E-state index contributed by atoms with van der Waals surface area (Å²) in [4.78, 5) is 16.1. The number of nitrogens with one attached hydrogen (secondary N) is 1. The highest BCUT2D eigenvalue weighted by molar-refractivity contribution is 6.29. The van der Waals surface area contributed by atoms with Crippen LogP contribution in [0.3, 0.4) is 0 Å². The van der Waals surface area contributed by atoms with E-state index in [1.807, 2.05) is 6.92 Å². The van der Waals surface area contributed by atoms with E-state index in [9.17, 15) is 9.90 Å². The molecule has 19 heavy (non-hydrogen) atoms. The molecule has 0 saturated heterocycles. The summed E-state index contributed by atoms with van der Waals surface area (Å²) in [6, 6.07) is 3.33. The number of aliphatic hydroxyl groups excluding tert-OH is 1. The van der Waals surface area contributed by atoms with Crippen molar-refractivity contribution in [3.8, 4) is 0 Å². The first kappa shape index (κ1) is 15.9. The van der Waals surface area contributed by atoms with Crippen LogP contribution in [0.2, 0.25) is 5.15 Å². The van der Waals surface area contributed by atoms with Crippen LogP contribution in [0.25, 0.3) is 0 Å². The van der Waals surface area contributed by atoms with Gasteiger partial charge in [0.2, 0.25) is 0 Å². The summed E-state index contributed by atoms with van der Waals surface area (Å²) in [5.41, 5.74) is 1.35. The molecule has 106 valence electrons. The third kappa shape index (κ3) is 5.57. The average molecular weight is 285 g/mol. The third-order valence-electron chi connectivity index (χ3n) is 2.85. The minimum Gasteiger partial charge on any atom is -0.393 e. The average Bonchev–Trinajstić information content (AvgIpc) is 2.38. The van der Waals surface area contributed by atoms with Crippen LogP contribution in [0, 0.1) is 0 Å². The fraction of sp³-hybridized carbons (Fsp3) is 0.571. The summed E-state index contributed by atoms with van der Waals surface area (Å²) in [5, 5.41) is 12.5. The molecule has 1 amide bonds. The Balaban J connectivity index is 2.61. The molecule has 1 unspecified atom stereocenters.